The number of carbonyl (C=O) groups is 1. The normalized spacial score (nSPS) is 13.9. The minimum Gasteiger partial charge on any atom is -0.462 e. The lowest BCUT2D eigenvalue weighted by Crippen LogP contribution is -2.22. The zero-order chi connectivity index (χ0) is 23.4. The van der Waals surface area contributed by atoms with Crippen LogP contribution in [0.3, 0.4) is 0 Å². The van der Waals surface area contributed by atoms with E-state index in [0.29, 0.717) is 18.7 Å². The van der Waals surface area contributed by atoms with Gasteiger partial charge in [0.2, 0.25) is 0 Å². The molecule has 0 spiro atoms. The largest absolute Gasteiger partial charge is 0.462 e. The Balaban J connectivity index is 1.67. The molecule has 4 rings (SSSR count). The van der Waals surface area contributed by atoms with Gasteiger partial charge >= 0.3 is 5.97 Å². The lowest BCUT2D eigenvalue weighted by molar-refractivity contribution is 0.0526. The standard InChI is InChI=1S/C30H29NO2/c1-4-33-29(32)24-13-10-21(11-14-24)8-9-22-12-15-28-27(19-22)26(16-17-30(28,2)3)25-7-5-6-23(18-25)20-31/h5-7,10-16,18-19H,4,17,20,31H2,1-3H3. The van der Waals surface area contributed by atoms with Crippen LogP contribution in [0.5, 0.6) is 0 Å². The molecule has 0 bridgehead atoms. The Hall–Kier alpha value is -3.61. The molecule has 0 heterocycles. The Morgan fingerprint density at radius 1 is 1.00 bits per heavy atom. The monoisotopic (exact) mass is 435 g/mol. The topological polar surface area (TPSA) is 52.3 Å². The van der Waals surface area contributed by atoms with Crippen LogP contribution in [0.2, 0.25) is 0 Å². The lowest BCUT2D eigenvalue weighted by atomic mass is 9.72. The molecule has 2 N–H and O–H groups in total. The van der Waals surface area contributed by atoms with Crippen LogP contribution in [0.15, 0.2) is 72.8 Å². The summed E-state index contributed by atoms with van der Waals surface area (Å²) in [5, 5.41) is 0. The number of nitrogens with two attached hydrogens (primary N) is 1. The zero-order valence-electron chi connectivity index (χ0n) is 19.4. The van der Waals surface area contributed by atoms with Crippen molar-refractivity contribution in [1.82, 2.24) is 0 Å². The first kappa shape index (κ1) is 22.6. The molecule has 0 amide bonds. The van der Waals surface area contributed by atoms with Crippen LogP contribution < -0.4 is 5.73 Å². The van der Waals surface area contributed by atoms with Crippen LogP contribution >= 0.6 is 0 Å². The molecule has 166 valence electrons. The zero-order valence-corrected chi connectivity index (χ0v) is 19.4. The van der Waals surface area contributed by atoms with Gasteiger partial charge in [0.05, 0.1) is 12.2 Å². The fourth-order valence-electron chi connectivity index (χ4n) is 4.20. The molecule has 33 heavy (non-hydrogen) atoms. The van der Waals surface area contributed by atoms with Crippen LogP contribution in [-0.2, 0) is 16.7 Å². The van der Waals surface area contributed by atoms with Gasteiger partial charge in [0.15, 0.2) is 0 Å². The van der Waals surface area contributed by atoms with Gasteiger partial charge in [-0.25, -0.2) is 4.79 Å². The SMILES string of the molecule is CCOC(=O)c1ccc(C#Cc2ccc3c(c2)C(c2cccc(CN)c2)=CCC3(C)C)cc1. The first-order chi connectivity index (χ1) is 15.9. The van der Waals surface area contributed by atoms with Crippen molar-refractivity contribution >= 4 is 11.5 Å². The molecule has 0 fully saturated rings. The number of rotatable bonds is 4. The molecular weight excluding hydrogens is 406 g/mol. The quantitative estimate of drug-likeness (QED) is 0.414. The van der Waals surface area contributed by atoms with Gasteiger partial charge in [-0.1, -0.05) is 56.0 Å². The summed E-state index contributed by atoms with van der Waals surface area (Å²) >= 11 is 0. The minimum absolute atomic E-state index is 0.0686. The van der Waals surface area contributed by atoms with Crippen molar-refractivity contribution in [3.63, 3.8) is 0 Å². The third kappa shape index (κ3) is 4.92. The Kier molecular flexibility index (Phi) is 6.49. The van der Waals surface area contributed by atoms with Crippen molar-refractivity contribution in [3.05, 3.63) is 112 Å². The number of ether oxygens (including phenoxy) is 1. The van der Waals surface area contributed by atoms with E-state index in [4.69, 9.17) is 10.5 Å². The summed E-state index contributed by atoms with van der Waals surface area (Å²) < 4.78 is 5.04. The van der Waals surface area contributed by atoms with Gasteiger partial charge in [0.1, 0.15) is 0 Å². The molecule has 0 unspecified atom stereocenters. The molecule has 1 aliphatic rings. The Labute approximate surface area is 196 Å². The summed E-state index contributed by atoms with van der Waals surface area (Å²) in [5.74, 6) is 6.20. The van der Waals surface area contributed by atoms with Crippen molar-refractivity contribution in [2.75, 3.05) is 6.61 Å². The number of hydrogen-bond acceptors (Lipinski definition) is 3. The summed E-state index contributed by atoms with van der Waals surface area (Å²) in [6.07, 6.45) is 3.32. The van der Waals surface area contributed by atoms with Crippen LogP contribution in [0.1, 0.15) is 70.9 Å². The van der Waals surface area contributed by atoms with E-state index in [1.165, 1.54) is 22.3 Å². The average molecular weight is 436 g/mol. The first-order valence-electron chi connectivity index (χ1n) is 11.3. The molecule has 0 radical (unpaired) electrons. The predicted octanol–water partition coefficient (Wildman–Crippen LogP) is 5.83. The number of benzene rings is 3. The number of hydrogen-bond donors (Lipinski definition) is 1. The summed E-state index contributed by atoms with van der Waals surface area (Å²) in [5.41, 5.74) is 14.4. The van der Waals surface area contributed by atoms with Gasteiger partial charge in [-0.15, -0.1) is 0 Å². The van der Waals surface area contributed by atoms with E-state index in [-0.39, 0.29) is 11.4 Å². The van der Waals surface area contributed by atoms with Crippen LogP contribution in [-0.4, -0.2) is 12.6 Å². The Bertz CT molecular complexity index is 1270. The van der Waals surface area contributed by atoms with Crippen molar-refractivity contribution in [2.45, 2.75) is 39.2 Å². The van der Waals surface area contributed by atoms with Gasteiger partial charge in [0, 0.05) is 17.7 Å². The van der Waals surface area contributed by atoms with Crippen molar-refractivity contribution in [3.8, 4) is 11.8 Å². The first-order valence-corrected chi connectivity index (χ1v) is 11.3. The fraction of sp³-hybridized carbons (Fsp3) is 0.233. The predicted molar refractivity (Wildman–Crippen MR) is 134 cm³/mol. The van der Waals surface area contributed by atoms with E-state index in [0.717, 1.165) is 23.1 Å². The molecule has 0 atom stereocenters. The van der Waals surface area contributed by atoms with Crippen molar-refractivity contribution in [2.24, 2.45) is 5.73 Å². The molecule has 3 heteroatoms. The molecule has 0 saturated heterocycles. The third-order valence-electron chi connectivity index (χ3n) is 6.08. The maximum Gasteiger partial charge on any atom is 0.338 e. The van der Waals surface area contributed by atoms with Crippen LogP contribution in [0.4, 0.5) is 0 Å². The maximum absolute atomic E-state index is 11.8. The summed E-state index contributed by atoms with van der Waals surface area (Å²) in [4.78, 5) is 11.8. The molecule has 0 saturated carbocycles. The van der Waals surface area contributed by atoms with Gasteiger partial charge in [0.25, 0.3) is 0 Å². The van der Waals surface area contributed by atoms with Gasteiger partial charge in [-0.05, 0) is 89.1 Å². The summed E-state index contributed by atoms with van der Waals surface area (Å²) in [6.45, 7) is 7.26. The van der Waals surface area contributed by atoms with Gasteiger partial charge in [-0.2, -0.15) is 0 Å². The maximum atomic E-state index is 11.8. The van der Waals surface area contributed by atoms with E-state index < -0.39 is 0 Å². The second-order valence-electron chi connectivity index (χ2n) is 8.92. The molecule has 3 aromatic rings. The Morgan fingerprint density at radius 3 is 2.45 bits per heavy atom. The third-order valence-corrected chi connectivity index (χ3v) is 6.08. The molecule has 0 aromatic heterocycles. The van der Waals surface area contributed by atoms with Crippen molar-refractivity contribution < 1.29 is 9.53 Å². The number of esters is 1. The fourth-order valence-corrected chi connectivity index (χ4v) is 4.20. The molecule has 3 aromatic carbocycles. The van der Waals surface area contributed by atoms with E-state index in [2.05, 4.69) is 74.2 Å². The van der Waals surface area contributed by atoms with Gasteiger partial charge < -0.3 is 10.5 Å². The highest BCUT2D eigenvalue weighted by Crippen LogP contribution is 2.41. The molecule has 1 aliphatic carbocycles. The highest BCUT2D eigenvalue weighted by atomic mass is 16.5. The molecular formula is C30H29NO2. The molecule has 0 aliphatic heterocycles. The lowest BCUT2D eigenvalue weighted by Gasteiger charge is -2.32. The number of allylic oxidation sites excluding steroid dienone is 1. The van der Waals surface area contributed by atoms with E-state index in [1.54, 1.807) is 19.1 Å². The number of fused-ring (bicyclic) bond motifs is 1. The molecule has 3 nitrogen and oxygen atoms in total. The summed E-state index contributed by atoms with van der Waals surface area (Å²) in [6, 6.07) is 22.2. The van der Waals surface area contributed by atoms with Crippen LogP contribution in [0, 0.1) is 11.8 Å². The highest BCUT2D eigenvalue weighted by molar-refractivity contribution is 5.89. The highest BCUT2D eigenvalue weighted by Gasteiger charge is 2.28. The smallest absolute Gasteiger partial charge is 0.338 e. The summed E-state index contributed by atoms with van der Waals surface area (Å²) in [7, 11) is 0. The minimum atomic E-state index is -0.313. The second-order valence-corrected chi connectivity index (χ2v) is 8.92. The van der Waals surface area contributed by atoms with Crippen LogP contribution in [0.25, 0.3) is 5.57 Å². The van der Waals surface area contributed by atoms with E-state index in [9.17, 15) is 4.79 Å². The van der Waals surface area contributed by atoms with E-state index >= 15 is 0 Å². The Morgan fingerprint density at radius 2 is 1.73 bits per heavy atom. The second kappa shape index (κ2) is 9.48. The number of carbonyl (C=O) groups excluding carboxylic acids is 1. The van der Waals surface area contributed by atoms with Gasteiger partial charge in [-0.3, -0.25) is 0 Å². The van der Waals surface area contributed by atoms with Crippen molar-refractivity contribution in [1.29, 1.82) is 0 Å². The average Bonchev–Trinajstić information content (AvgIpc) is 2.83. The van der Waals surface area contributed by atoms with E-state index in [1.807, 2.05) is 12.1 Å².